The summed E-state index contributed by atoms with van der Waals surface area (Å²) in [6.45, 7) is 23.2. The monoisotopic (exact) mass is 622 g/mol. The van der Waals surface area contributed by atoms with Gasteiger partial charge in [0, 0.05) is 66.3 Å². The standard InChI is InChI=1S/C35H42S5/c1-31(2)11-13-36-23(15-31)25-17-33(5,6)19-27(38-25)29-21-35(9,10)22-30(40-29)28-20-34(7,8)18-26(39-28)24-16-32(3,4)12-14-37-24/h11-22H,1-10H3. The van der Waals surface area contributed by atoms with Crippen LogP contribution in [-0.4, -0.2) is 0 Å². The number of thioether (sulfide) groups is 5. The highest BCUT2D eigenvalue weighted by molar-refractivity contribution is 8.15. The van der Waals surface area contributed by atoms with E-state index in [1.54, 1.807) is 0 Å². The topological polar surface area (TPSA) is 0 Å². The molecular formula is C35H42S5. The molecule has 0 fully saturated rings. The Morgan fingerprint density at radius 1 is 0.325 bits per heavy atom. The van der Waals surface area contributed by atoms with Crippen molar-refractivity contribution in [2.24, 2.45) is 27.1 Å². The van der Waals surface area contributed by atoms with Crippen molar-refractivity contribution in [1.82, 2.24) is 0 Å². The minimum Gasteiger partial charge on any atom is -0.0975 e. The van der Waals surface area contributed by atoms with Crippen LogP contribution in [0.4, 0.5) is 0 Å². The van der Waals surface area contributed by atoms with Crippen molar-refractivity contribution in [3.63, 3.8) is 0 Å². The van der Waals surface area contributed by atoms with Gasteiger partial charge in [0.15, 0.2) is 0 Å². The van der Waals surface area contributed by atoms with E-state index < -0.39 is 0 Å². The highest BCUT2D eigenvalue weighted by Gasteiger charge is 2.33. The second-order valence-electron chi connectivity index (χ2n) is 14.3. The molecule has 0 bridgehead atoms. The SMILES string of the molecule is CC1(C)C=CSC(C2=CC(C)(C)C=C(C3=CC(C)(C)C=C(C4=CC(C)(C)C=C(C5=CC(C)(C)C=CS5)S4)S3)S2)=C1. The van der Waals surface area contributed by atoms with Gasteiger partial charge in [-0.15, -0.1) is 0 Å². The van der Waals surface area contributed by atoms with Crippen LogP contribution in [0.15, 0.2) is 111 Å². The molecular weight excluding hydrogens is 581 g/mol. The third-order valence-electron chi connectivity index (χ3n) is 7.04. The predicted molar refractivity (Wildman–Crippen MR) is 190 cm³/mol. The average molecular weight is 623 g/mol. The fourth-order valence-corrected chi connectivity index (χ4v) is 12.2. The quantitative estimate of drug-likeness (QED) is 0.305. The first-order valence-corrected chi connectivity index (χ1v) is 18.2. The molecule has 5 heteroatoms. The number of rotatable bonds is 4. The van der Waals surface area contributed by atoms with E-state index in [4.69, 9.17) is 0 Å². The van der Waals surface area contributed by atoms with E-state index in [1.807, 2.05) is 58.8 Å². The first-order valence-electron chi connectivity index (χ1n) is 14.0. The maximum Gasteiger partial charge on any atom is 0.0228 e. The van der Waals surface area contributed by atoms with Crippen LogP contribution in [0.3, 0.4) is 0 Å². The molecule has 0 N–H and O–H groups in total. The molecule has 0 aromatic carbocycles. The lowest BCUT2D eigenvalue weighted by Crippen LogP contribution is -2.15. The van der Waals surface area contributed by atoms with Gasteiger partial charge in [0.05, 0.1) is 0 Å². The maximum atomic E-state index is 2.48. The lowest BCUT2D eigenvalue weighted by molar-refractivity contribution is 0.611. The first kappa shape index (κ1) is 30.6. The normalized spacial score (nSPS) is 27.8. The first-order chi connectivity index (χ1) is 18.4. The minimum absolute atomic E-state index is 0.00273. The Balaban J connectivity index is 1.43. The van der Waals surface area contributed by atoms with Crippen molar-refractivity contribution in [2.75, 3.05) is 0 Å². The van der Waals surface area contributed by atoms with Crippen LogP contribution in [0, 0.1) is 27.1 Å². The fourth-order valence-electron chi connectivity index (χ4n) is 5.08. The lowest BCUT2D eigenvalue weighted by Gasteiger charge is -2.34. The van der Waals surface area contributed by atoms with Gasteiger partial charge in [-0.1, -0.05) is 189 Å². The molecule has 5 aliphatic rings. The van der Waals surface area contributed by atoms with E-state index in [0.29, 0.717) is 0 Å². The molecule has 5 aliphatic heterocycles. The van der Waals surface area contributed by atoms with Gasteiger partial charge in [0.2, 0.25) is 0 Å². The zero-order valence-corrected chi connectivity index (χ0v) is 29.6. The molecule has 0 atom stereocenters. The summed E-state index contributed by atoms with van der Waals surface area (Å²) in [6, 6.07) is 0. The van der Waals surface area contributed by atoms with Crippen LogP contribution in [0.1, 0.15) is 69.2 Å². The average Bonchev–Trinajstić information content (AvgIpc) is 2.80. The lowest BCUT2D eigenvalue weighted by atomic mass is 9.88. The molecule has 0 radical (unpaired) electrons. The van der Waals surface area contributed by atoms with E-state index in [0.717, 1.165) is 0 Å². The number of hydrogen-bond acceptors (Lipinski definition) is 5. The molecule has 0 saturated carbocycles. The van der Waals surface area contributed by atoms with Gasteiger partial charge in [0.25, 0.3) is 0 Å². The van der Waals surface area contributed by atoms with Crippen LogP contribution in [-0.2, 0) is 0 Å². The molecule has 5 rings (SSSR count). The molecule has 0 spiro atoms. The van der Waals surface area contributed by atoms with E-state index >= 15 is 0 Å². The van der Waals surface area contributed by atoms with Gasteiger partial charge in [-0.25, -0.2) is 0 Å². The Morgan fingerprint density at radius 3 is 0.800 bits per heavy atom. The van der Waals surface area contributed by atoms with Gasteiger partial charge in [0.1, 0.15) is 0 Å². The van der Waals surface area contributed by atoms with Crippen LogP contribution in [0.5, 0.6) is 0 Å². The van der Waals surface area contributed by atoms with Crippen LogP contribution >= 0.6 is 58.8 Å². The molecule has 0 amide bonds. The molecule has 0 nitrogen and oxygen atoms in total. The molecule has 0 aliphatic carbocycles. The van der Waals surface area contributed by atoms with Gasteiger partial charge >= 0.3 is 0 Å². The van der Waals surface area contributed by atoms with Crippen molar-refractivity contribution in [3.8, 4) is 0 Å². The third-order valence-corrected chi connectivity index (χ3v) is 12.6. The maximum absolute atomic E-state index is 2.48. The van der Waals surface area contributed by atoms with Crippen LogP contribution in [0.2, 0.25) is 0 Å². The van der Waals surface area contributed by atoms with Gasteiger partial charge in [-0.2, -0.15) is 0 Å². The summed E-state index contributed by atoms with van der Waals surface area (Å²) in [5, 5.41) is 4.52. The molecule has 0 aromatic rings. The fraction of sp³-hybridized carbons (Fsp3) is 0.429. The highest BCUT2D eigenvalue weighted by atomic mass is 32.2. The minimum atomic E-state index is -0.0250. The van der Waals surface area contributed by atoms with Gasteiger partial charge < -0.3 is 0 Å². The summed E-state index contributed by atoms with van der Waals surface area (Å²) in [5.74, 6) is 0. The molecule has 5 heterocycles. The predicted octanol–water partition coefficient (Wildman–Crippen LogP) is 12.9. The number of hydrogen-bond donors (Lipinski definition) is 0. The molecule has 0 aromatic heterocycles. The number of allylic oxidation sites excluding steroid dienone is 10. The molecule has 0 unspecified atom stereocenters. The summed E-state index contributed by atoms with van der Waals surface area (Å²) in [5.41, 5.74) is 0.144. The largest absolute Gasteiger partial charge is 0.0975 e. The second kappa shape index (κ2) is 10.7. The van der Waals surface area contributed by atoms with E-state index in [-0.39, 0.29) is 27.1 Å². The smallest absolute Gasteiger partial charge is 0.0228 e. The summed E-state index contributed by atoms with van der Waals surface area (Å²) < 4.78 is 0. The van der Waals surface area contributed by atoms with E-state index in [2.05, 4.69) is 141 Å². The third kappa shape index (κ3) is 7.37. The van der Waals surface area contributed by atoms with Crippen LogP contribution < -0.4 is 0 Å². The van der Waals surface area contributed by atoms with Crippen LogP contribution in [0.25, 0.3) is 0 Å². The Kier molecular flexibility index (Phi) is 8.19. The van der Waals surface area contributed by atoms with E-state index in [9.17, 15) is 0 Å². The Hall–Kier alpha value is -0.850. The van der Waals surface area contributed by atoms with E-state index in [1.165, 1.54) is 39.2 Å². The summed E-state index contributed by atoms with van der Waals surface area (Å²) in [4.78, 5) is 11.1. The van der Waals surface area contributed by atoms with Gasteiger partial charge in [-0.3, -0.25) is 0 Å². The summed E-state index contributed by atoms with van der Waals surface area (Å²) >= 11 is 9.55. The second-order valence-corrected chi connectivity index (χ2v) is 19.5. The van der Waals surface area contributed by atoms with Crippen molar-refractivity contribution in [2.45, 2.75) is 69.2 Å². The van der Waals surface area contributed by atoms with Crippen molar-refractivity contribution < 1.29 is 0 Å². The van der Waals surface area contributed by atoms with Crippen molar-refractivity contribution in [3.05, 3.63) is 111 Å². The zero-order chi connectivity index (χ0) is 29.1. The molecule has 212 valence electrons. The Bertz CT molecular complexity index is 1320. The highest BCUT2D eigenvalue weighted by Crippen LogP contribution is 2.58. The molecule has 40 heavy (non-hydrogen) atoms. The summed E-state index contributed by atoms with van der Waals surface area (Å²) in [7, 11) is 0. The van der Waals surface area contributed by atoms with Crippen molar-refractivity contribution in [1.29, 1.82) is 0 Å². The molecule has 0 saturated heterocycles. The Labute approximate surface area is 264 Å². The van der Waals surface area contributed by atoms with Crippen molar-refractivity contribution >= 4 is 58.8 Å². The van der Waals surface area contributed by atoms with Gasteiger partial charge in [-0.05, 0) is 10.8 Å². The zero-order valence-electron chi connectivity index (χ0n) is 25.5. The summed E-state index contributed by atoms with van der Waals surface area (Å²) in [6.07, 6.45) is 24.3. The Morgan fingerprint density at radius 2 is 0.550 bits per heavy atom.